The number of ether oxygens (including phenoxy) is 2. The Bertz CT molecular complexity index is 1080. The van der Waals surface area contributed by atoms with E-state index in [9.17, 15) is 0 Å². The van der Waals surface area contributed by atoms with Crippen LogP contribution in [0.15, 0.2) is 54.9 Å². The van der Waals surface area contributed by atoms with Crippen LogP contribution in [-0.4, -0.2) is 22.3 Å². The molecule has 0 N–H and O–H groups in total. The Kier molecular flexibility index (Phi) is 6.86. The SMILES string of the molecule is CCOc1cc(C)cc2c1ccn2CC.CCOc1cccc2c1ccn2CC. The van der Waals surface area contributed by atoms with Crippen molar-refractivity contribution in [2.24, 2.45) is 0 Å². The van der Waals surface area contributed by atoms with Gasteiger partial charge in [-0.25, -0.2) is 0 Å². The number of aryl methyl sites for hydroxylation is 3. The number of rotatable bonds is 6. The van der Waals surface area contributed by atoms with Crippen LogP contribution in [0.2, 0.25) is 0 Å². The third-order valence-electron chi connectivity index (χ3n) is 5.05. The first kappa shape index (κ1) is 20.8. The number of benzene rings is 2. The first-order chi connectivity index (χ1) is 14.1. The maximum atomic E-state index is 5.64. The van der Waals surface area contributed by atoms with Gasteiger partial charge in [0.1, 0.15) is 11.5 Å². The van der Waals surface area contributed by atoms with E-state index in [1.807, 2.05) is 26.0 Å². The minimum Gasteiger partial charge on any atom is -0.493 e. The van der Waals surface area contributed by atoms with Gasteiger partial charge >= 0.3 is 0 Å². The molecule has 2 aromatic heterocycles. The summed E-state index contributed by atoms with van der Waals surface area (Å²) < 4.78 is 15.7. The minimum absolute atomic E-state index is 0.718. The molecular formula is C25H32N2O2. The van der Waals surface area contributed by atoms with Crippen LogP contribution >= 0.6 is 0 Å². The molecule has 0 aliphatic heterocycles. The molecule has 0 amide bonds. The van der Waals surface area contributed by atoms with Gasteiger partial charge in [0.2, 0.25) is 0 Å². The fourth-order valence-corrected chi connectivity index (χ4v) is 3.70. The van der Waals surface area contributed by atoms with E-state index >= 15 is 0 Å². The highest BCUT2D eigenvalue weighted by molar-refractivity contribution is 5.87. The van der Waals surface area contributed by atoms with E-state index in [0.29, 0.717) is 0 Å². The summed E-state index contributed by atoms with van der Waals surface area (Å²) in [5.41, 5.74) is 3.76. The second-order valence-corrected chi connectivity index (χ2v) is 6.95. The number of hydrogen-bond donors (Lipinski definition) is 0. The van der Waals surface area contributed by atoms with E-state index < -0.39 is 0 Å². The number of nitrogens with zero attached hydrogens (tertiary/aromatic N) is 2. The summed E-state index contributed by atoms with van der Waals surface area (Å²) >= 11 is 0. The van der Waals surface area contributed by atoms with Crippen molar-refractivity contribution in [3.05, 3.63) is 60.4 Å². The third-order valence-corrected chi connectivity index (χ3v) is 5.05. The molecule has 0 fully saturated rings. The highest BCUT2D eigenvalue weighted by atomic mass is 16.5. The number of hydrogen-bond acceptors (Lipinski definition) is 2. The van der Waals surface area contributed by atoms with Gasteiger partial charge in [0.25, 0.3) is 0 Å². The summed E-state index contributed by atoms with van der Waals surface area (Å²) in [7, 11) is 0. The topological polar surface area (TPSA) is 28.3 Å². The summed E-state index contributed by atoms with van der Waals surface area (Å²) in [5.74, 6) is 1.98. The van der Waals surface area contributed by atoms with Crippen LogP contribution in [-0.2, 0) is 13.1 Å². The maximum absolute atomic E-state index is 5.64. The van der Waals surface area contributed by atoms with Gasteiger partial charge in [0.15, 0.2) is 0 Å². The van der Waals surface area contributed by atoms with Crippen molar-refractivity contribution in [2.75, 3.05) is 13.2 Å². The summed E-state index contributed by atoms with van der Waals surface area (Å²) in [4.78, 5) is 0. The Morgan fingerprint density at radius 1 is 0.690 bits per heavy atom. The van der Waals surface area contributed by atoms with Crippen molar-refractivity contribution in [1.29, 1.82) is 0 Å². The molecule has 0 bridgehead atoms. The third kappa shape index (κ3) is 4.42. The molecule has 4 aromatic rings. The molecule has 0 radical (unpaired) electrons. The molecule has 4 rings (SSSR count). The van der Waals surface area contributed by atoms with Crippen molar-refractivity contribution in [3.63, 3.8) is 0 Å². The van der Waals surface area contributed by atoms with Crippen LogP contribution < -0.4 is 9.47 Å². The molecule has 0 saturated carbocycles. The standard InChI is InChI=1S/C13H17NO.C12H15NO/c1-4-14-7-6-11-12(14)8-10(3)9-13(11)15-5-2;1-3-13-9-8-10-11(13)6-5-7-12(10)14-4-2/h6-9H,4-5H2,1-3H3;5-9H,3-4H2,1-2H3. The van der Waals surface area contributed by atoms with E-state index in [2.05, 4.69) is 72.6 Å². The average molecular weight is 393 g/mol. The van der Waals surface area contributed by atoms with Crippen LogP contribution in [0.1, 0.15) is 33.3 Å². The smallest absolute Gasteiger partial charge is 0.128 e. The van der Waals surface area contributed by atoms with Crippen LogP contribution in [0.5, 0.6) is 11.5 Å². The Morgan fingerprint density at radius 3 is 1.90 bits per heavy atom. The number of aromatic nitrogens is 2. The Balaban J connectivity index is 0.000000166. The lowest BCUT2D eigenvalue weighted by Crippen LogP contribution is -1.95. The molecule has 29 heavy (non-hydrogen) atoms. The predicted molar refractivity (Wildman–Crippen MR) is 122 cm³/mol. The first-order valence-electron chi connectivity index (χ1n) is 10.6. The van der Waals surface area contributed by atoms with Crippen molar-refractivity contribution < 1.29 is 9.47 Å². The molecular weight excluding hydrogens is 360 g/mol. The highest BCUT2D eigenvalue weighted by Crippen LogP contribution is 2.28. The molecule has 0 aliphatic rings. The van der Waals surface area contributed by atoms with E-state index in [-0.39, 0.29) is 0 Å². The molecule has 0 saturated heterocycles. The normalized spacial score (nSPS) is 10.8. The molecule has 0 atom stereocenters. The molecule has 2 aromatic carbocycles. The van der Waals surface area contributed by atoms with E-state index in [1.165, 1.54) is 27.4 Å². The zero-order valence-corrected chi connectivity index (χ0v) is 18.2. The lowest BCUT2D eigenvalue weighted by atomic mass is 10.1. The Labute approximate surface area is 173 Å². The van der Waals surface area contributed by atoms with Gasteiger partial charge in [0, 0.05) is 36.3 Å². The van der Waals surface area contributed by atoms with Crippen LogP contribution in [0.25, 0.3) is 21.8 Å². The summed E-state index contributed by atoms with van der Waals surface area (Å²) in [5, 5.41) is 2.42. The van der Waals surface area contributed by atoms with Crippen LogP contribution in [0, 0.1) is 6.92 Å². The van der Waals surface area contributed by atoms with E-state index in [0.717, 1.165) is 37.8 Å². The zero-order valence-electron chi connectivity index (χ0n) is 18.2. The van der Waals surface area contributed by atoms with Crippen LogP contribution in [0.3, 0.4) is 0 Å². The monoisotopic (exact) mass is 392 g/mol. The lowest BCUT2D eigenvalue weighted by Gasteiger charge is -2.07. The van der Waals surface area contributed by atoms with E-state index in [1.54, 1.807) is 0 Å². The summed E-state index contributed by atoms with van der Waals surface area (Å²) in [6.07, 6.45) is 4.22. The fraction of sp³-hybridized carbons (Fsp3) is 0.360. The average Bonchev–Trinajstić information content (AvgIpc) is 3.33. The lowest BCUT2D eigenvalue weighted by molar-refractivity contribution is 0.344. The summed E-state index contributed by atoms with van der Waals surface area (Å²) in [6.45, 7) is 13.9. The molecule has 0 unspecified atom stereocenters. The summed E-state index contributed by atoms with van der Waals surface area (Å²) in [6, 6.07) is 14.7. The van der Waals surface area contributed by atoms with Crippen LogP contribution in [0.4, 0.5) is 0 Å². The maximum Gasteiger partial charge on any atom is 0.128 e. The molecule has 2 heterocycles. The first-order valence-corrected chi connectivity index (χ1v) is 10.6. The zero-order chi connectivity index (χ0) is 20.8. The second-order valence-electron chi connectivity index (χ2n) is 6.95. The largest absolute Gasteiger partial charge is 0.493 e. The Morgan fingerprint density at radius 2 is 1.28 bits per heavy atom. The minimum atomic E-state index is 0.718. The van der Waals surface area contributed by atoms with Crippen molar-refractivity contribution in [2.45, 2.75) is 47.7 Å². The van der Waals surface area contributed by atoms with Crippen molar-refractivity contribution >= 4 is 21.8 Å². The molecule has 0 spiro atoms. The van der Waals surface area contributed by atoms with Gasteiger partial charge in [-0.05, 0) is 76.6 Å². The van der Waals surface area contributed by atoms with Crippen molar-refractivity contribution in [3.8, 4) is 11.5 Å². The quantitative estimate of drug-likeness (QED) is 0.378. The number of fused-ring (bicyclic) bond motifs is 2. The van der Waals surface area contributed by atoms with Gasteiger partial charge in [-0.3, -0.25) is 0 Å². The molecule has 4 nitrogen and oxygen atoms in total. The van der Waals surface area contributed by atoms with Gasteiger partial charge in [0.05, 0.1) is 24.2 Å². The van der Waals surface area contributed by atoms with Gasteiger partial charge in [-0.15, -0.1) is 0 Å². The molecule has 0 aliphatic carbocycles. The Hall–Kier alpha value is -2.88. The van der Waals surface area contributed by atoms with Gasteiger partial charge in [-0.1, -0.05) is 6.07 Å². The van der Waals surface area contributed by atoms with Crippen molar-refractivity contribution in [1.82, 2.24) is 9.13 Å². The predicted octanol–water partition coefficient (Wildman–Crippen LogP) is 6.43. The second kappa shape index (κ2) is 9.55. The molecule has 4 heteroatoms. The van der Waals surface area contributed by atoms with Gasteiger partial charge < -0.3 is 18.6 Å². The fourth-order valence-electron chi connectivity index (χ4n) is 3.70. The van der Waals surface area contributed by atoms with Gasteiger partial charge in [-0.2, -0.15) is 0 Å². The molecule has 154 valence electrons. The van der Waals surface area contributed by atoms with E-state index in [4.69, 9.17) is 9.47 Å². The highest BCUT2D eigenvalue weighted by Gasteiger charge is 2.07.